The fraction of sp³-hybridized carbons (Fsp3) is 0.469. The van der Waals surface area contributed by atoms with E-state index in [4.69, 9.17) is 23.6 Å². The number of oxazole rings is 1. The summed E-state index contributed by atoms with van der Waals surface area (Å²) in [5, 5.41) is 9.50. The number of carboxylic acids is 1. The van der Waals surface area contributed by atoms with Gasteiger partial charge in [0.1, 0.15) is 22.9 Å². The van der Waals surface area contributed by atoms with Gasteiger partial charge in [-0.3, -0.25) is 9.69 Å². The van der Waals surface area contributed by atoms with Gasteiger partial charge in [-0.05, 0) is 103 Å². The maximum atomic E-state index is 12.9. The average molecular weight is 567 g/mol. The highest BCUT2D eigenvalue weighted by atomic mass is 16.6. The van der Waals surface area contributed by atoms with Crippen LogP contribution in [-0.4, -0.2) is 51.8 Å². The fourth-order valence-electron chi connectivity index (χ4n) is 4.49. The highest BCUT2D eigenvalue weighted by molar-refractivity contribution is 5.77. The van der Waals surface area contributed by atoms with Crippen molar-refractivity contribution in [1.82, 2.24) is 9.88 Å². The molecular formula is C32H42N2O7. The van der Waals surface area contributed by atoms with Crippen LogP contribution in [0, 0.1) is 27.7 Å². The second-order valence-corrected chi connectivity index (χ2v) is 11.9. The molecule has 0 bridgehead atoms. The van der Waals surface area contributed by atoms with E-state index < -0.39 is 17.2 Å². The number of rotatable bonds is 11. The van der Waals surface area contributed by atoms with Crippen molar-refractivity contribution in [1.29, 1.82) is 0 Å². The minimum atomic E-state index is -1.37. The van der Waals surface area contributed by atoms with E-state index in [2.05, 4.69) is 0 Å². The Morgan fingerprint density at radius 3 is 2.12 bits per heavy atom. The number of aromatic nitrogens is 1. The van der Waals surface area contributed by atoms with Crippen molar-refractivity contribution in [3.05, 3.63) is 64.0 Å². The molecule has 0 saturated carbocycles. The van der Waals surface area contributed by atoms with Crippen LogP contribution in [0.1, 0.15) is 68.3 Å². The smallest absolute Gasteiger partial charge is 0.347 e. The molecule has 222 valence electrons. The number of benzene rings is 2. The van der Waals surface area contributed by atoms with E-state index in [9.17, 15) is 14.7 Å². The quantitative estimate of drug-likeness (QED) is 0.272. The number of carboxylic acid groups (broad SMARTS) is 1. The minimum absolute atomic E-state index is 0.0446. The molecule has 9 nitrogen and oxygen atoms in total. The normalized spacial score (nSPS) is 12.0. The Bertz CT molecular complexity index is 1390. The summed E-state index contributed by atoms with van der Waals surface area (Å²) in [5.74, 6) is 1.09. The second-order valence-electron chi connectivity index (χ2n) is 11.9. The lowest BCUT2D eigenvalue weighted by Crippen LogP contribution is -2.38. The number of aliphatic carboxylic acids is 1. The summed E-state index contributed by atoms with van der Waals surface area (Å²) in [6.45, 7) is 17.0. The number of esters is 1. The molecule has 2 aromatic carbocycles. The molecule has 0 atom stereocenters. The Hall–Kier alpha value is -3.85. The Morgan fingerprint density at radius 1 is 0.951 bits per heavy atom. The van der Waals surface area contributed by atoms with Crippen LogP contribution in [-0.2, 0) is 27.4 Å². The summed E-state index contributed by atoms with van der Waals surface area (Å²) in [7, 11) is 1.63. The van der Waals surface area contributed by atoms with Crippen molar-refractivity contribution >= 4 is 11.9 Å². The van der Waals surface area contributed by atoms with Gasteiger partial charge in [0, 0.05) is 18.7 Å². The maximum absolute atomic E-state index is 12.9. The third-order valence-corrected chi connectivity index (χ3v) is 6.48. The molecule has 0 unspecified atom stereocenters. The van der Waals surface area contributed by atoms with Crippen LogP contribution in [0.3, 0.4) is 0 Å². The monoisotopic (exact) mass is 566 g/mol. The Balaban J connectivity index is 1.90. The van der Waals surface area contributed by atoms with Crippen molar-refractivity contribution in [2.45, 2.75) is 86.6 Å². The zero-order valence-corrected chi connectivity index (χ0v) is 25.8. The number of carbonyl (C=O) groups excluding carboxylic acids is 1. The van der Waals surface area contributed by atoms with Gasteiger partial charge in [-0.15, -0.1) is 0 Å². The number of hydrogen-bond donors (Lipinski definition) is 1. The van der Waals surface area contributed by atoms with Crippen molar-refractivity contribution in [3.8, 4) is 23.0 Å². The Labute approximate surface area is 242 Å². The largest absolute Gasteiger partial charge is 0.496 e. The molecule has 0 aliphatic rings. The van der Waals surface area contributed by atoms with Gasteiger partial charge in [-0.1, -0.05) is 12.1 Å². The van der Waals surface area contributed by atoms with Gasteiger partial charge < -0.3 is 23.7 Å². The molecule has 1 N–H and O–H groups in total. The molecule has 0 saturated heterocycles. The molecule has 0 amide bonds. The molecule has 3 aromatic rings. The molecule has 1 aromatic heterocycles. The summed E-state index contributed by atoms with van der Waals surface area (Å²) in [6.07, 6.45) is 0. The number of ether oxygens (including phenoxy) is 3. The van der Waals surface area contributed by atoms with E-state index in [1.807, 2.05) is 83.7 Å². The van der Waals surface area contributed by atoms with Crippen LogP contribution >= 0.6 is 0 Å². The highest BCUT2D eigenvalue weighted by Crippen LogP contribution is 2.31. The van der Waals surface area contributed by atoms with Gasteiger partial charge in [0.05, 0.1) is 19.3 Å². The van der Waals surface area contributed by atoms with Crippen LogP contribution in [0.15, 0.2) is 34.7 Å². The average Bonchev–Trinajstić information content (AvgIpc) is 3.20. The summed E-state index contributed by atoms with van der Waals surface area (Å²) in [5.41, 5.74) is 3.09. The second kappa shape index (κ2) is 12.3. The zero-order valence-electron chi connectivity index (χ0n) is 25.8. The van der Waals surface area contributed by atoms with Crippen LogP contribution in [0.4, 0.5) is 0 Å². The number of hydrogen-bond acceptors (Lipinski definition) is 8. The van der Waals surface area contributed by atoms with Crippen LogP contribution in [0.5, 0.6) is 11.5 Å². The van der Waals surface area contributed by atoms with Crippen LogP contribution < -0.4 is 9.47 Å². The summed E-state index contributed by atoms with van der Waals surface area (Å²) >= 11 is 0. The van der Waals surface area contributed by atoms with E-state index in [0.29, 0.717) is 36.2 Å². The minimum Gasteiger partial charge on any atom is -0.496 e. The molecule has 9 heteroatoms. The third-order valence-electron chi connectivity index (χ3n) is 6.48. The summed E-state index contributed by atoms with van der Waals surface area (Å²) in [6, 6.07) is 9.65. The molecule has 3 rings (SSSR count). The van der Waals surface area contributed by atoms with E-state index in [1.165, 1.54) is 13.8 Å². The Kier molecular flexibility index (Phi) is 9.54. The number of nitrogens with zero attached hydrogens (tertiary/aromatic N) is 2. The van der Waals surface area contributed by atoms with Gasteiger partial charge in [-0.2, -0.15) is 0 Å². The van der Waals surface area contributed by atoms with Crippen molar-refractivity contribution < 1.29 is 33.3 Å². The maximum Gasteiger partial charge on any atom is 0.347 e. The number of methoxy groups -OCH3 is 1. The van der Waals surface area contributed by atoms with E-state index in [0.717, 1.165) is 33.6 Å². The zero-order chi connectivity index (χ0) is 30.7. The summed E-state index contributed by atoms with van der Waals surface area (Å²) < 4.78 is 22.9. The SMILES string of the molecule is COc1ccc(-c2nc(CN(CC(=O)OC(C)(C)C)Cc3cc(C)c(OC(C)(C)C(=O)O)c(C)c3)c(C)o2)cc1C. The molecule has 0 radical (unpaired) electrons. The molecule has 0 spiro atoms. The molecule has 41 heavy (non-hydrogen) atoms. The lowest BCUT2D eigenvalue weighted by Gasteiger charge is -2.26. The van der Waals surface area contributed by atoms with Gasteiger partial charge in [0.2, 0.25) is 5.89 Å². The lowest BCUT2D eigenvalue weighted by atomic mass is 10.0. The van der Waals surface area contributed by atoms with Gasteiger partial charge >= 0.3 is 11.9 Å². The lowest BCUT2D eigenvalue weighted by molar-refractivity contribution is -0.156. The van der Waals surface area contributed by atoms with Gasteiger partial charge in [0.15, 0.2) is 5.60 Å². The van der Waals surface area contributed by atoms with E-state index in [-0.39, 0.29) is 12.5 Å². The predicted molar refractivity (Wildman–Crippen MR) is 156 cm³/mol. The topological polar surface area (TPSA) is 111 Å². The molecule has 0 fully saturated rings. The van der Waals surface area contributed by atoms with Crippen molar-refractivity contribution in [2.24, 2.45) is 0 Å². The first-order valence-corrected chi connectivity index (χ1v) is 13.6. The predicted octanol–water partition coefficient (Wildman–Crippen LogP) is 6.17. The van der Waals surface area contributed by atoms with Crippen LogP contribution in [0.25, 0.3) is 11.5 Å². The first kappa shape index (κ1) is 31.7. The highest BCUT2D eigenvalue weighted by Gasteiger charge is 2.31. The van der Waals surface area contributed by atoms with Crippen molar-refractivity contribution in [2.75, 3.05) is 13.7 Å². The van der Waals surface area contributed by atoms with E-state index in [1.54, 1.807) is 7.11 Å². The van der Waals surface area contributed by atoms with E-state index >= 15 is 0 Å². The standard InChI is InChI=1S/C32H42N2O7/c1-19-15-24(11-12-26(19)38-10)29-33-25(22(4)39-29)17-34(18-27(35)40-31(5,6)7)16-23-13-20(2)28(21(3)14-23)41-32(8,9)30(36)37/h11-15H,16-18H2,1-10H3,(H,36,37). The van der Waals surface area contributed by atoms with Gasteiger partial charge in [-0.25, -0.2) is 9.78 Å². The first-order chi connectivity index (χ1) is 19.0. The number of carbonyl (C=O) groups is 2. The van der Waals surface area contributed by atoms with Crippen molar-refractivity contribution in [3.63, 3.8) is 0 Å². The molecule has 1 heterocycles. The fourth-order valence-corrected chi connectivity index (χ4v) is 4.49. The first-order valence-electron chi connectivity index (χ1n) is 13.6. The van der Waals surface area contributed by atoms with Crippen LogP contribution in [0.2, 0.25) is 0 Å². The molecule has 0 aliphatic heterocycles. The Morgan fingerprint density at radius 2 is 1.59 bits per heavy atom. The third kappa shape index (κ3) is 8.33. The van der Waals surface area contributed by atoms with Gasteiger partial charge in [0.25, 0.3) is 0 Å². The molecular weight excluding hydrogens is 524 g/mol. The summed E-state index contributed by atoms with van der Waals surface area (Å²) in [4.78, 5) is 31.2. The molecule has 0 aliphatic carbocycles. The number of aryl methyl sites for hydroxylation is 4.